The highest BCUT2D eigenvalue weighted by molar-refractivity contribution is 7.91. The maximum Gasteiger partial charge on any atom is 0.391 e. The smallest absolute Gasteiger partial charge is 0.207 e. The highest BCUT2D eigenvalue weighted by Crippen LogP contribution is 2.38. The fourth-order valence-corrected chi connectivity index (χ4v) is 5.10. The molecule has 2 atom stereocenters. The van der Waals surface area contributed by atoms with Crippen molar-refractivity contribution in [3.8, 4) is 0 Å². The Balaban J connectivity index is 2.06. The second kappa shape index (κ2) is 5.82. The molecule has 1 fully saturated rings. The normalized spacial score (nSPS) is 24.8. The monoisotopic (exact) mass is 347 g/mol. The van der Waals surface area contributed by atoms with E-state index in [4.69, 9.17) is 11.6 Å². The Morgan fingerprint density at radius 3 is 2.55 bits per heavy atom. The van der Waals surface area contributed by atoms with Gasteiger partial charge in [-0.3, -0.25) is 0 Å². The maximum atomic E-state index is 12.7. The standard InChI is InChI=1S/C11H13ClF3NO2S2/c12-9-4-5-10(19-9)20(17,18)16-8-3-1-2-7(6-8)11(13,14)15/h4-5,7-8,16H,1-3,6H2. The van der Waals surface area contributed by atoms with Gasteiger partial charge in [-0.15, -0.1) is 11.3 Å². The van der Waals surface area contributed by atoms with Crippen LogP contribution in [0, 0.1) is 5.92 Å². The number of rotatable bonds is 3. The largest absolute Gasteiger partial charge is 0.391 e. The first-order valence-corrected chi connectivity index (χ1v) is 8.70. The van der Waals surface area contributed by atoms with Crippen LogP contribution in [0.4, 0.5) is 13.2 Å². The van der Waals surface area contributed by atoms with Crippen LogP contribution in [-0.4, -0.2) is 20.6 Å². The van der Waals surface area contributed by atoms with E-state index in [1.165, 1.54) is 12.1 Å². The van der Waals surface area contributed by atoms with Crippen LogP contribution in [0.2, 0.25) is 4.34 Å². The first-order chi connectivity index (χ1) is 9.18. The zero-order chi connectivity index (χ0) is 15.0. The SMILES string of the molecule is O=S(=O)(NC1CCCC(C(F)(F)F)C1)c1ccc(Cl)s1. The van der Waals surface area contributed by atoms with Crippen LogP contribution in [0.3, 0.4) is 0 Å². The molecule has 20 heavy (non-hydrogen) atoms. The molecule has 0 spiro atoms. The summed E-state index contributed by atoms with van der Waals surface area (Å²) in [7, 11) is -3.79. The maximum absolute atomic E-state index is 12.7. The minimum Gasteiger partial charge on any atom is -0.207 e. The topological polar surface area (TPSA) is 46.2 Å². The Bertz CT molecular complexity index is 570. The molecule has 0 radical (unpaired) electrons. The molecule has 0 amide bonds. The van der Waals surface area contributed by atoms with Gasteiger partial charge in [-0.2, -0.15) is 13.2 Å². The molecule has 0 aromatic carbocycles. The molecule has 1 aliphatic rings. The van der Waals surface area contributed by atoms with Crippen molar-refractivity contribution in [1.29, 1.82) is 0 Å². The van der Waals surface area contributed by atoms with Gasteiger partial charge in [-0.1, -0.05) is 18.0 Å². The molecule has 1 N–H and O–H groups in total. The third-order valence-electron chi connectivity index (χ3n) is 3.27. The van der Waals surface area contributed by atoms with Crippen LogP contribution in [0.15, 0.2) is 16.3 Å². The number of nitrogens with one attached hydrogen (secondary N) is 1. The van der Waals surface area contributed by atoms with Crippen molar-refractivity contribution in [2.75, 3.05) is 0 Å². The van der Waals surface area contributed by atoms with Gasteiger partial charge in [0.1, 0.15) is 4.21 Å². The van der Waals surface area contributed by atoms with Crippen molar-refractivity contribution < 1.29 is 21.6 Å². The summed E-state index contributed by atoms with van der Waals surface area (Å²) >= 11 is 6.55. The predicted molar refractivity (Wildman–Crippen MR) is 71.5 cm³/mol. The van der Waals surface area contributed by atoms with Gasteiger partial charge >= 0.3 is 6.18 Å². The van der Waals surface area contributed by atoms with Gasteiger partial charge in [0.05, 0.1) is 10.3 Å². The van der Waals surface area contributed by atoms with E-state index in [-0.39, 0.29) is 17.1 Å². The lowest BCUT2D eigenvalue weighted by molar-refractivity contribution is -0.183. The molecule has 1 saturated carbocycles. The first kappa shape index (κ1) is 16.1. The lowest BCUT2D eigenvalue weighted by Crippen LogP contribution is -2.41. The highest BCUT2D eigenvalue weighted by Gasteiger charge is 2.42. The highest BCUT2D eigenvalue weighted by atomic mass is 35.5. The molecule has 114 valence electrons. The van der Waals surface area contributed by atoms with Crippen molar-refractivity contribution in [2.45, 2.75) is 42.1 Å². The number of sulfonamides is 1. The summed E-state index contributed by atoms with van der Waals surface area (Å²) in [4.78, 5) is 0. The van der Waals surface area contributed by atoms with E-state index in [1.54, 1.807) is 0 Å². The van der Waals surface area contributed by atoms with Crippen molar-refractivity contribution in [3.63, 3.8) is 0 Å². The van der Waals surface area contributed by atoms with Crippen molar-refractivity contribution in [3.05, 3.63) is 16.5 Å². The average molecular weight is 348 g/mol. The second-order valence-electron chi connectivity index (χ2n) is 4.78. The molecule has 0 bridgehead atoms. The van der Waals surface area contributed by atoms with Gasteiger partial charge in [0.15, 0.2) is 0 Å². The van der Waals surface area contributed by atoms with Crippen LogP contribution in [-0.2, 0) is 10.0 Å². The molecule has 2 rings (SSSR count). The van der Waals surface area contributed by atoms with Gasteiger partial charge in [0.2, 0.25) is 10.0 Å². The number of hydrogen-bond donors (Lipinski definition) is 1. The fraction of sp³-hybridized carbons (Fsp3) is 0.636. The summed E-state index contributed by atoms with van der Waals surface area (Å²) in [6.07, 6.45) is -3.63. The second-order valence-corrected chi connectivity index (χ2v) is 8.44. The Hall–Kier alpha value is -0.310. The van der Waals surface area contributed by atoms with Gasteiger partial charge in [-0.05, 0) is 31.4 Å². The molecule has 1 aromatic heterocycles. The van der Waals surface area contributed by atoms with E-state index in [2.05, 4.69) is 4.72 Å². The summed E-state index contributed by atoms with van der Waals surface area (Å²) in [5.74, 6) is -1.43. The number of hydrogen-bond acceptors (Lipinski definition) is 3. The van der Waals surface area contributed by atoms with E-state index < -0.39 is 28.2 Å². The van der Waals surface area contributed by atoms with Gasteiger partial charge < -0.3 is 0 Å². The Kier molecular flexibility index (Phi) is 4.68. The van der Waals surface area contributed by atoms with Crippen LogP contribution in [0.5, 0.6) is 0 Å². The molecule has 1 heterocycles. The molecule has 3 nitrogen and oxygen atoms in total. The van der Waals surface area contributed by atoms with E-state index in [1.807, 2.05) is 0 Å². The fourth-order valence-electron chi connectivity index (χ4n) is 2.31. The number of halogens is 4. The summed E-state index contributed by atoms with van der Waals surface area (Å²) in [5.41, 5.74) is 0. The molecule has 0 aliphatic heterocycles. The number of thiophene rings is 1. The lowest BCUT2D eigenvalue weighted by atomic mass is 9.86. The lowest BCUT2D eigenvalue weighted by Gasteiger charge is -2.30. The zero-order valence-electron chi connectivity index (χ0n) is 10.3. The molecule has 1 aliphatic carbocycles. The number of alkyl halides is 3. The van der Waals surface area contributed by atoms with E-state index >= 15 is 0 Å². The molecular formula is C11H13ClF3NO2S2. The van der Waals surface area contributed by atoms with Gasteiger partial charge in [0.25, 0.3) is 0 Å². The molecule has 1 aromatic rings. The minimum atomic E-state index is -4.27. The quantitative estimate of drug-likeness (QED) is 0.904. The van der Waals surface area contributed by atoms with Crippen molar-refractivity contribution in [2.24, 2.45) is 5.92 Å². The van der Waals surface area contributed by atoms with Gasteiger partial charge in [-0.25, -0.2) is 13.1 Å². The molecule has 9 heteroatoms. The Morgan fingerprint density at radius 1 is 1.30 bits per heavy atom. The molecule has 2 unspecified atom stereocenters. The third-order valence-corrected chi connectivity index (χ3v) is 6.52. The van der Waals surface area contributed by atoms with E-state index in [0.29, 0.717) is 17.2 Å². The summed E-state index contributed by atoms with van der Waals surface area (Å²) in [5, 5.41) is 0. The van der Waals surface area contributed by atoms with Crippen LogP contribution >= 0.6 is 22.9 Å². The van der Waals surface area contributed by atoms with Crippen LogP contribution in [0.25, 0.3) is 0 Å². The first-order valence-electron chi connectivity index (χ1n) is 6.03. The van der Waals surface area contributed by atoms with E-state index in [0.717, 1.165) is 11.3 Å². The summed E-state index contributed by atoms with van der Waals surface area (Å²) in [6.45, 7) is 0. The summed E-state index contributed by atoms with van der Waals surface area (Å²) in [6, 6.07) is 2.11. The molecular weight excluding hydrogens is 335 g/mol. The minimum absolute atomic E-state index is 0.0247. The van der Waals surface area contributed by atoms with Crippen LogP contribution < -0.4 is 4.72 Å². The van der Waals surface area contributed by atoms with Gasteiger partial charge in [0, 0.05) is 6.04 Å². The summed E-state index contributed by atoms with van der Waals surface area (Å²) < 4.78 is 64.8. The predicted octanol–water partition coefficient (Wildman–Crippen LogP) is 3.80. The Morgan fingerprint density at radius 2 is 2.00 bits per heavy atom. The van der Waals surface area contributed by atoms with Crippen LogP contribution in [0.1, 0.15) is 25.7 Å². The van der Waals surface area contributed by atoms with Crippen molar-refractivity contribution in [1.82, 2.24) is 4.72 Å². The third kappa shape index (κ3) is 3.87. The molecule has 0 saturated heterocycles. The van der Waals surface area contributed by atoms with Crippen molar-refractivity contribution >= 4 is 33.0 Å². The zero-order valence-corrected chi connectivity index (χ0v) is 12.7. The van der Waals surface area contributed by atoms with E-state index in [9.17, 15) is 21.6 Å². The Labute approximate surface area is 124 Å². The average Bonchev–Trinajstić information content (AvgIpc) is 2.75.